The van der Waals surface area contributed by atoms with Gasteiger partial charge in [-0.1, -0.05) is 48.6 Å². The van der Waals surface area contributed by atoms with Gasteiger partial charge in [0.1, 0.15) is 226 Å². The second kappa shape index (κ2) is 45.9. The first-order valence-corrected chi connectivity index (χ1v) is 42.2. The van der Waals surface area contributed by atoms with Gasteiger partial charge in [-0.25, -0.2) is 14.4 Å². The fraction of sp³-hybridized carbons (Fsp3) is 0.422. The van der Waals surface area contributed by atoms with Crippen molar-refractivity contribution in [3.05, 3.63) is 197 Å². The van der Waals surface area contributed by atoms with E-state index in [1.807, 2.05) is 0 Å². The first kappa shape index (κ1) is 103. The zero-order valence-corrected chi connectivity index (χ0v) is 71.6. The molecule has 31 atom stereocenters. The highest BCUT2D eigenvalue weighted by molar-refractivity contribution is 6.01. The number of carbonyl (C=O) groups is 6. The van der Waals surface area contributed by atoms with Crippen LogP contribution in [0.3, 0.4) is 0 Å². The summed E-state index contributed by atoms with van der Waals surface area (Å²) >= 11 is 0. The van der Waals surface area contributed by atoms with Crippen LogP contribution in [0.15, 0.2) is 169 Å². The average Bonchev–Trinajstić information content (AvgIpc) is 0.756. The Hall–Kier alpha value is -12.4. The number of rotatable bonds is 34. The highest BCUT2D eigenvalue weighted by Crippen LogP contribution is 2.49. The van der Waals surface area contributed by atoms with E-state index in [0.717, 1.165) is 54.6 Å². The minimum Gasteiger partial charge on any atom is -0.508 e. The number of benzene rings is 5. The fourth-order valence-electron chi connectivity index (χ4n) is 14.6. The maximum atomic E-state index is 13.4. The lowest BCUT2D eigenvalue weighted by atomic mass is 9.98. The Labute approximate surface area is 778 Å². The zero-order valence-electron chi connectivity index (χ0n) is 71.6. The fourth-order valence-corrected chi connectivity index (χ4v) is 14.6. The van der Waals surface area contributed by atoms with E-state index in [0.29, 0.717) is 16.7 Å². The van der Waals surface area contributed by atoms with Crippen LogP contribution in [0, 0.1) is 0 Å². The number of hydrogen-bond acceptors (Lipinski definition) is 47. The first-order chi connectivity index (χ1) is 65.8. The molecule has 6 saturated heterocycles. The molecular weight excluding hydrogens is 1850 g/mol. The number of carbonyl (C=O) groups excluding carboxylic acids is 5. The smallest absolute Gasteiger partial charge is 0.330 e. The number of aliphatic hydroxyl groups is 20. The maximum absolute atomic E-state index is 13.4. The topological polar surface area (TPSA) is 754 Å². The second-order valence-electron chi connectivity index (χ2n) is 32.2. The molecule has 5 aromatic rings. The van der Waals surface area contributed by atoms with Crippen LogP contribution in [-0.4, -0.2) is 382 Å². The summed E-state index contributed by atoms with van der Waals surface area (Å²) in [6, 6.07) is 20.5. The van der Waals surface area contributed by atoms with Crippen LogP contribution < -0.4 is 28.4 Å². The number of carboxylic acid groups (broad SMARTS) is 1. The summed E-state index contributed by atoms with van der Waals surface area (Å²) in [5, 5.41) is 260. The number of phenolic OH excluding ortho intramolecular Hbond substituents is 3. The third-order valence-corrected chi connectivity index (χ3v) is 22.4. The lowest BCUT2D eigenvalue weighted by Gasteiger charge is -2.41. The van der Waals surface area contributed by atoms with Gasteiger partial charge in [0.2, 0.25) is 43.5 Å². The molecule has 0 radical (unpaired) electrons. The van der Waals surface area contributed by atoms with E-state index in [1.54, 1.807) is 0 Å². The van der Waals surface area contributed by atoms with E-state index in [4.69, 9.17) is 90.4 Å². The van der Waals surface area contributed by atoms with Crippen molar-refractivity contribution in [2.45, 2.75) is 197 Å². The van der Waals surface area contributed by atoms with E-state index in [1.165, 1.54) is 121 Å². The van der Waals surface area contributed by atoms with Gasteiger partial charge in [0.15, 0.2) is 23.4 Å². The van der Waals surface area contributed by atoms with Crippen molar-refractivity contribution in [3.63, 3.8) is 0 Å². The summed E-state index contributed by atoms with van der Waals surface area (Å²) in [6.45, 7) is -4.69. The molecule has 48 nitrogen and oxygen atoms in total. The van der Waals surface area contributed by atoms with Crippen LogP contribution in [0.1, 0.15) is 40.3 Å². The van der Waals surface area contributed by atoms with Crippen molar-refractivity contribution in [2.75, 3.05) is 39.6 Å². The standard InChI is InChI=1S/C90H98O48/c91-31-53-66(103)72(109)78(115)85(133-53)126-44-15-3-38(4-16-44)10-22-61(98)122-33-55-68(105)74(111)80(117)87(135-55)128-46-19-7-40(8-20-46)12-24-63(100)124-35-57-70(107)76(113)82(119)89(137-57)131-51-26-41(84-52(29-47-48(94)27-43(93)28-49(47)129-84)132-90-83(120)77(114)71(108)58(138-90)36-125-64(101)30-59(95)96)25-50(65(51)102)130-88-81(118)75(112)69(106)56(136-88)34-123-62(99)23-11-39-5-17-45(18-6-39)127-86-79(116)73(110)67(104)54(134-86)32-121-60(97)21-9-37-1-13-42(92)14-2-37/h1-29,53-58,66-91,93-94,97,102-120H,30-36H2,(H,95,96). The molecule has 24 N–H and O–H groups in total. The van der Waals surface area contributed by atoms with Crippen molar-refractivity contribution in [1.82, 2.24) is 0 Å². The Kier molecular flexibility index (Phi) is 34.3. The van der Waals surface area contributed by atoms with Crippen LogP contribution in [0.4, 0.5) is 0 Å². The number of ketones is 1. The Bertz CT molecular complexity index is 5280. The Morgan fingerprint density at radius 1 is 0.370 bits per heavy atom. The molecule has 746 valence electrons. The van der Waals surface area contributed by atoms with Crippen LogP contribution in [0.25, 0.3) is 24.3 Å². The molecule has 31 unspecified atom stereocenters. The van der Waals surface area contributed by atoms with E-state index in [9.17, 15) is 146 Å². The zero-order chi connectivity index (χ0) is 99.4. The van der Waals surface area contributed by atoms with Crippen molar-refractivity contribution in [3.8, 4) is 51.7 Å². The lowest BCUT2D eigenvalue weighted by Crippen LogP contribution is -2.60. The number of aliphatic carboxylic acids is 1. The average molecular weight is 1950 g/mol. The molecule has 0 bridgehead atoms. The third kappa shape index (κ3) is 25.4. The Morgan fingerprint density at radius 2 is 0.703 bits per heavy atom. The van der Waals surface area contributed by atoms with E-state index >= 15 is 0 Å². The van der Waals surface area contributed by atoms with Gasteiger partial charge < -0.3 is 208 Å². The van der Waals surface area contributed by atoms with Gasteiger partial charge in [0.25, 0.3) is 5.95 Å². The first-order valence-electron chi connectivity index (χ1n) is 42.2. The highest BCUT2D eigenvalue weighted by Gasteiger charge is 2.53. The molecule has 0 saturated carbocycles. The molecule has 0 spiro atoms. The molecule has 7 heterocycles. The summed E-state index contributed by atoms with van der Waals surface area (Å²) in [5.74, 6) is -12.0. The molecule has 0 amide bonds. The minimum absolute atomic E-state index is 0.00127. The summed E-state index contributed by atoms with van der Waals surface area (Å²) in [5.41, 5.74) is 0.901. The normalized spacial score (nSPS) is 33.1. The maximum Gasteiger partial charge on any atom is 0.330 e. The van der Waals surface area contributed by atoms with E-state index < -0.39 is 312 Å². The molecule has 7 aliphatic heterocycles. The Morgan fingerprint density at radius 3 is 1.07 bits per heavy atom. The summed E-state index contributed by atoms with van der Waals surface area (Å²) in [6.07, 6.45) is -43.7. The van der Waals surface area contributed by atoms with Gasteiger partial charge in [-0.3, -0.25) is 14.4 Å². The molecule has 138 heavy (non-hydrogen) atoms. The molecule has 13 rings (SSSR count). The van der Waals surface area contributed by atoms with Crippen LogP contribution in [0.5, 0.6) is 51.7 Å². The molecule has 0 aromatic heterocycles. The molecular formula is C90H98O48. The van der Waals surface area contributed by atoms with Crippen LogP contribution >= 0.6 is 0 Å². The van der Waals surface area contributed by atoms with Gasteiger partial charge >= 0.3 is 29.8 Å². The number of fused-ring (bicyclic) bond motifs is 1. The van der Waals surface area contributed by atoms with Crippen LogP contribution in [-0.2, 0) is 85.6 Å². The molecule has 6 fully saturated rings. The molecule has 48 heteroatoms. The molecule has 5 aromatic carbocycles. The number of esters is 4. The predicted molar refractivity (Wildman–Crippen MR) is 451 cm³/mol. The SMILES string of the molecule is O=C1C=CC(=CC=C(O)OCC2OC(Oc3ccc(C=CC(=O)OCC4OC(Oc5cc(C6Oc7cc(O)cc(O)c7C=C6OC6OC(COC(=O)CC(=O)O)C(O)C(O)C6O)cc(OC6OC(COC(=O)C=Cc7ccc(OC8OC(COC(=O)C=Cc9ccc(OC%10OC(CO)C(O)C(O)C%10O)cc9)C(O)C(O)C8O)cc7)C(O)C(O)C6O)c5O)C(O)C(O)C4O)cc3)C(O)C(O)C2O)C=C1. The summed E-state index contributed by atoms with van der Waals surface area (Å²) in [7, 11) is 0. The molecule has 1 aliphatic carbocycles. The Balaban J connectivity index is 0.669. The third-order valence-electron chi connectivity index (χ3n) is 22.4. The predicted octanol–water partition coefficient (Wildman–Crippen LogP) is -5.15. The van der Waals surface area contributed by atoms with E-state index in [-0.39, 0.29) is 39.9 Å². The second-order valence-corrected chi connectivity index (χ2v) is 32.2. The van der Waals surface area contributed by atoms with Gasteiger partial charge in [-0.15, -0.1) is 0 Å². The number of carboxylic acids is 1. The van der Waals surface area contributed by atoms with Crippen molar-refractivity contribution in [1.29, 1.82) is 0 Å². The highest BCUT2D eigenvalue weighted by atomic mass is 16.8. The van der Waals surface area contributed by atoms with Crippen molar-refractivity contribution in [2.24, 2.45) is 0 Å². The van der Waals surface area contributed by atoms with Crippen molar-refractivity contribution < 1.29 is 237 Å². The minimum atomic E-state index is -2.31. The number of aromatic hydroxyl groups is 3. The number of hydrogen-bond donors (Lipinski definition) is 24. The number of phenols is 3. The largest absolute Gasteiger partial charge is 0.508 e. The number of allylic oxidation sites excluding steroid dienone is 7. The van der Waals surface area contributed by atoms with Gasteiger partial charge in [0.05, 0.1) is 12.2 Å². The summed E-state index contributed by atoms with van der Waals surface area (Å²) in [4.78, 5) is 74.5. The quantitative estimate of drug-likeness (QED) is 0.00602. The van der Waals surface area contributed by atoms with Crippen LogP contribution in [0.2, 0.25) is 0 Å². The monoisotopic (exact) mass is 1950 g/mol. The molecule has 8 aliphatic rings. The van der Waals surface area contributed by atoms with Crippen molar-refractivity contribution >= 4 is 59.9 Å². The van der Waals surface area contributed by atoms with Gasteiger partial charge in [-0.05, 0) is 113 Å². The van der Waals surface area contributed by atoms with E-state index in [2.05, 4.69) is 0 Å². The lowest BCUT2D eigenvalue weighted by molar-refractivity contribution is -0.294. The van der Waals surface area contributed by atoms with Gasteiger partial charge in [-0.2, -0.15) is 0 Å². The van der Waals surface area contributed by atoms with Gasteiger partial charge in [0, 0.05) is 42.0 Å². The summed E-state index contributed by atoms with van der Waals surface area (Å²) < 4.78 is 102. The number of aliphatic hydroxyl groups excluding tert-OH is 20. The number of ether oxygens (including phenoxy) is 18.